The van der Waals surface area contributed by atoms with Crippen molar-refractivity contribution in [1.29, 1.82) is 0 Å². The molecule has 2 unspecified atom stereocenters. The predicted molar refractivity (Wildman–Crippen MR) is 85.5 cm³/mol. The fourth-order valence-electron chi connectivity index (χ4n) is 2.84. The number of H-pyrrole nitrogens is 1. The zero-order chi connectivity index (χ0) is 15.0. The van der Waals surface area contributed by atoms with E-state index < -0.39 is 0 Å². The van der Waals surface area contributed by atoms with E-state index in [2.05, 4.69) is 34.2 Å². The summed E-state index contributed by atoms with van der Waals surface area (Å²) in [6.07, 6.45) is 2.09. The zero-order valence-electron chi connectivity index (χ0n) is 12.4. The number of nitrogens with zero attached hydrogens (tertiary/aromatic N) is 2. The topological polar surface area (TPSA) is 87.0 Å². The highest BCUT2D eigenvalue weighted by Crippen LogP contribution is 2.19. The lowest BCUT2D eigenvalue weighted by molar-refractivity contribution is 0.190. The summed E-state index contributed by atoms with van der Waals surface area (Å²) < 4.78 is 0. The Morgan fingerprint density at radius 3 is 3.05 bits per heavy atom. The molecule has 2 heterocycles. The summed E-state index contributed by atoms with van der Waals surface area (Å²) in [5, 5.41) is 3.88. The van der Waals surface area contributed by atoms with Crippen LogP contribution in [-0.4, -0.2) is 40.5 Å². The summed E-state index contributed by atoms with van der Waals surface area (Å²) in [5.74, 6) is 0.541. The van der Waals surface area contributed by atoms with E-state index in [-0.39, 0.29) is 5.56 Å². The smallest absolute Gasteiger partial charge is 0.260 e. The van der Waals surface area contributed by atoms with Crippen LogP contribution in [0.25, 0.3) is 10.9 Å². The number of aromatic amines is 1. The average Bonchev–Trinajstić information content (AvgIpc) is 2.44. The molecule has 0 aliphatic carbocycles. The molecule has 0 amide bonds. The number of rotatable bonds is 2. The van der Waals surface area contributed by atoms with Gasteiger partial charge in [-0.15, -0.1) is 0 Å². The summed E-state index contributed by atoms with van der Waals surface area (Å²) in [7, 11) is 2.14. The Bertz CT molecular complexity index is 711. The van der Waals surface area contributed by atoms with Crippen LogP contribution in [0.2, 0.25) is 0 Å². The first-order chi connectivity index (χ1) is 10.0. The van der Waals surface area contributed by atoms with Gasteiger partial charge in [0.25, 0.3) is 5.56 Å². The molecule has 0 bridgehead atoms. The lowest BCUT2D eigenvalue weighted by Crippen LogP contribution is -2.43. The van der Waals surface area contributed by atoms with Crippen molar-refractivity contribution in [1.82, 2.24) is 14.9 Å². The number of benzene rings is 1. The molecule has 0 saturated carbocycles. The SMILES string of the molecule is CC1CC(Nc2nc3ccc(N)cc3c(=O)[nH]2)CCN1C. The van der Waals surface area contributed by atoms with E-state index in [1.54, 1.807) is 18.2 Å². The lowest BCUT2D eigenvalue weighted by atomic mass is 9.99. The van der Waals surface area contributed by atoms with Crippen molar-refractivity contribution in [3.8, 4) is 0 Å². The fourth-order valence-corrected chi connectivity index (χ4v) is 2.84. The fraction of sp³-hybridized carbons (Fsp3) is 0.467. The highest BCUT2D eigenvalue weighted by molar-refractivity contribution is 5.81. The van der Waals surface area contributed by atoms with E-state index in [9.17, 15) is 4.79 Å². The van der Waals surface area contributed by atoms with Crippen LogP contribution in [0.4, 0.5) is 11.6 Å². The second-order valence-corrected chi connectivity index (χ2v) is 5.89. The number of piperidine rings is 1. The van der Waals surface area contributed by atoms with Crippen LogP contribution in [0.5, 0.6) is 0 Å². The molecule has 1 fully saturated rings. The van der Waals surface area contributed by atoms with Crippen LogP contribution in [0.3, 0.4) is 0 Å². The number of nitrogen functional groups attached to an aromatic ring is 1. The molecule has 2 aromatic rings. The molecule has 112 valence electrons. The minimum Gasteiger partial charge on any atom is -0.399 e. The maximum Gasteiger partial charge on any atom is 0.260 e. The molecule has 21 heavy (non-hydrogen) atoms. The monoisotopic (exact) mass is 287 g/mol. The van der Waals surface area contributed by atoms with Crippen LogP contribution in [0, 0.1) is 0 Å². The number of nitrogens with one attached hydrogen (secondary N) is 2. The van der Waals surface area contributed by atoms with Gasteiger partial charge in [-0.25, -0.2) is 4.98 Å². The van der Waals surface area contributed by atoms with Crippen molar-refractivity contribution in [2.75, 3.05) is 24.6 Å². The number of aromatic nitrogens is 2. The van der Waals surface area contributed by atoms with Crippen molar-refractivity contribution in [3.05, 3.63) is 28.6 Å². The van der Waals surface area contributed by atoms with Gasteiger partial charge in [0.05, 0.1) is 10.9 Å². The third-order valence-corrected chi connectivity index (χ3v) is 4.28. The quantitative estimate of drug-likeness (QED) is 0.727. The molecule has 2 atom stereocenters. The van der Waals surface area contributed by atoms with Crippen LogP contribution in [-0.2, 0) is 0 Å². The second kappa shape index (κ2) is 5.37. The van der Waals surface area contributed by atoms with Gasteiger partial charge in [-0.05, 0) is 45.0 Å². The number of anilines is 2. The molecule has 0 spiro atoms. The van der Waals surface area contributed by atoms with Crippen LogP contribution >= 0.6 is 0 Å². The maximum atomic E-state index is 12.1. The van der Waals surface area contributed by atoms with Crippen molar-refractivity contribution in [2.24, 2.45) is 0 Å². The van der Waals surface area contributed by atoms with Gasteiger partial charge in [0.1, 0.15) is 0 Å². The van der Waals surface area contributed by atoms with Crippen LogP contribution in [0.1, 0.15) is 19.8 Å². The molecule has 1 aromatic heterocycles. The molecule has 0 radical (unpaired) electrons. The Balaban J connectivity index is 1.85. The van der Waals surface area contributed by atoms with Crippen molar-refractivity contribution < 1.29 is 0 Å². The van der Waals surface area contributed by atoms with E-state index in [0.717, 1.165) is 19.4 Å². The summed E-state index contributed by atoms with van der Waals surface area (Å²) >= 11 is 0. The summed E-state index contributed by atoms with van der Waals surface area (Å²) in [6.45, 7) is 3.26. The summed E-state index contributed by atoms with van der Waals surface area (Å²) in [4.78, 5) is 21.7. The first-order valence-electron chi connectivity index (χ1n) is 7.29. The third kappa shape index (κ3) is 2.85. The number of likely N-dealkylation sites (tertiary alicyclic amines) is 1. The summed E-state index contributed by atoms with van der Waals surface area (Å²) in [6, 6.07) is 6.06. The van der Waals surface area contributed by atoms with E-state index in [4.69, 9.17) is 5.73 Å². The van der Waals surface area contributed by atoms with E-state index in [1.807, 2.05) is 0 Å². The Morgan fingerprint density at radius 1 is 1.48 bits per heavy atom. The second-order valence-electron chi connectivity index (χ2n) is 5.89. The third-order valence-electron chi connectivity index (χ3n) is 4.28. The Morgan fingerprint density at radius 2 is 2.29 bits per heavy atom. The molecule has 3 rings (SSSR count). The Hall–Kier alpha value is -2.08. The predicted octanol–water partition coefficient (Wildman–Crippen LogP) is 1.40. The zero-order valence-corrected chi connectivity index (χ0v) is 12.4. The number of hydrogen-bond donors (Lipinski definition) is 3. The highest BCUT2D eigenvalue weighted by atomic mass is 16.1. The molecule has 6 nitrogen and oxygen atoms in total. The molecular formula is C15H21N5O. The summed E-state index contributed by atoms with van der Waals surface area (Å²) in [5.41, 5.74) is 6.78. The van der Waals surface area contributed by atoms with E-state index in [0.29, 0.717) is 34.6 Å². The highest BCUT2D eigenvalue weighted by Gasteiger charge is 2.23. The van der Waals surface area contributed by atoms with Gasteiger partial charge in [-0.3, -0.25) is 9.78 Å². The number of nitrogens with two attached hydrogens (primary N) is 1. The molecule has 6 heteroatoms. The van der Waals surface area contributed by atoms with Gasteiger partial charge in [0.2, 0.25) is 5.95 Å². The van der Waals surface area contributed by atoms with Gasteiger partial charge in [0, 0.05) is 24.3 Å². The van der Waals surface area contributed by atoms with Gasteiger partial charge >= 0.3 is 0 Å². The Kier molecular flexibility index (Phi) is 3.55. The number of hydrogen-bond acceptors (Lipinski definition) is 5. The van der Waals surface area contributed by atoms with Crippen molar-refractivity contribution in [3.63, 3.8) is 0 Å². The van der Waals surface area contributed by atoms with Crippen molar-refractivity contribution in [2.45, 2.75) is 31.8 Å². The minimum absolute atomic E-state index is 0.157. The van der Waals surface area contributed by atoms with Gasteiger partial charge in [0.15, 0.2) is 0 Å². The first kappa shape index (κ1) is 13.9. The van der Waals surface area contributed by atoms with Gasteiger partial charge < -0.3 is 16.0 Å². The van der Waals surface area contributed by atoms with E-state index >= 15 is 0 Å². The molecule has 1 saturated heterocycles. The molecule has 4 N–H and O–H groups in total. The molecule has 1 aliphatic heterocycles. The van der Waals surface area contributed by atoms with Crippen LogP contribution < -0.4 is 16.6 Å². The van der Waals surface area contributed by atoms with Gasteiger partial charge in [-0.2, -0.15) is 0 Å². The normalized spacial score (nSPS) is 23.3. The molecular weight excluding hydrogens is 266 g/mol. The van der Waals surface area contributed by atoms with Crippen LogP contribution in [0.15, 0.2) is 23.0 Å². The van der Waals surface area contributed by atoms with E-state index in [1.165, 1.54) is 0 Å². The first-order valence-corrected chi connectivity index (χ1v) is 7.29. The maximum absolute atomic E-state index is 12.1. The minimum atomic E-state index is -0.157. The molecule has 1 aliphatic rings. The number of fused-ring (bicyclic) bond motifs is 1. The van der Waals surface area contributed by atoms with Crippen molar-refractivity contribution >= 4 is 22.5 Å². The Labute approximate surface area is 123 Å². The average molecular weight is 287 g/mol. The lowest BCUT2D eigenvalue weighted by Gasteiger charge is -2.35. The van der Waals surface area contributed by atoms with Gasteiger partial charge in [-0.1, -0.05) is 0 Å². The molecule has 1 aromatic carbocycles. The standard InChI is InChI=1S/C15H21N5O/c1-9-7-11(5-6-20(9)2)17-15-18-13-4-3-10(16)8-12(13)14(21)19-15/h3-4,8-9,11H,5-7,16H2,1-2H3,(H2,17,18,19,21). The largest absolute Gasteiger partial charge is 0.399 e.